The van der Waals surface area contributed by atoms with Crippen LogP contribution in [-0.4, -0.2) is 31.1 Å². The maximum absolute atomic E-state index is 4.31. The predicted molar refractivity (Wildman–Crippen MR) is 62.9 cm³/mol. The molecule has 0 aliphatic carbocycles. The molecule has 2 rings (SSSR count). The van der Waals surface area contributed by atoms with Gasteiger partial charge in [0, 0.05) is 23.5 Å². The third kappa shape index (κ3) is 2.14. The van der Waals surface area contributed by atoms with Crippen LogP contribution in [0.3, 0.4) is 0 Å². The molecule has 14 heavy (non-hydrogen) atoms. The molecule has 2 unspecified atom stereocenters. The van der Waals surface area contributed by atoms with Gasteiger partial charge in [-0.2, -0.15) is 16.9 Å². The molecule has 1 aromatic rings. The Morgan fingerprint density at radius 2 is 2.50 bits per heavy atom. The minimum atomic E-state index is 0.648. The minimum absolute atomic E-state index is 0.648. The van der Waals surface area contributed by atoms with Crippen molar-refractivity contribution < 1.29 is 0 Å². The SMILES string of the molecule is CCn1ncnc1CC1CSCC1Br. The van der Waals surface area contributed by atoms with Gasteiger partial charge in [0.25, 0.3) is 0 Å². The van der Waals surface area contributed by atoms with E-state index in [2.05, 4.69) is 32.9 Å². The molecule has 0 saturated carbocycles. The monoisotopic (exact) mass is 275 g/mol. The standard InChI is InChI=1S/C9H14BrN3S/c1-2-13-9(11-6-12-13)3-7-4-14-5-8(7)10/h6-8H,2-5H2,1H3. The topological polar surface area (TPSA) is 30.7 Å². The maximum Gasteiger partial charge on any atom is 0.138 e. The number of hydrogen-bond donors (Lipinski definition) is 0. The molecule has 0 N–H and O–H groups in total. The van der Waals surface area contributed by atoms with Crippen molar-refractivity contribution >= 4 is 27.7 Å². The first-order valence-corrected chi connectivity index (χ1v) is 6.96. The van der Waals surface area contributed by atoms with Gasteiger partial charge >= 0.3 is 0 Å². The summed E-state index contributed by atoms with van der Waals surface area (Å²) in [5.41, 5.74) is 0. The van der Waals surface area contributed by atoms with Gasteiger partial charge in [-0.25, -0.2) is 4.98 Å². The molecular weight excluding hydrogens is 262 g/mol. The van der Waals surface area contributed by atoms with Gasteiger partial charge in [-0.05, 0) is 18.6 Å². The molecule has 0 aromatic carbocycles. The van der Waals surface area contributed by atoms with Gasteiger partial charge in [-0.1, -0.05) is 15.9 Å². The van der Waals surface area contributed by atoms with Gasteiger partial charge in [0.2, 0.25) is 0 Å². The highest BCUT2D eigenvalue weighted by Gasteiger charge is 2.26. The van der Waals surface area contributed by atoms with Crippen LogP contribution in [0.25, 0.3) is 0 Å². The largest absolute Gasteiger partial charge is 0.250 e. The summed E-state index contributed by atoms with van der Waals surface area (Å²) < 4.78 is 1.99. The molecule has 1 aromatic heterocycles. The number of thioether (sulfide) groups is 1. The number of aromatic nitrogens is 3. The van der Waals surface area contributed by atoms with Gasteiger partial charge in [0.1, 0.15) is 12.2 Å². The Morgan fingerprint density at radius 1 is 1.64 bits per heavy atom. The number of aryl methyl sites for hydroxylation is 1. The summed E-state index contributed by atoms with van der Waals surface area (Å²) in [7, 11) is 0. The van der Waals surface area contributed by atoms with Crippen LogP contribution in [0.4, 0.5) is 0 Å². The Bertz CT molecular complexity index is 302. The molecule has 1 fully saturated rings. The van der Waals surface area contributed by atoms with Crippen LogP contribution in [0.5, 0.6) is 0 Å². The Hall–Kier alpha value is -0.0300. The van der Waals surface area contributed by atoms with Gasteiger partial charge in [-0.3, -0.25) is 4.68 Å². The van der Waals surface area contributed by atoms with E-state index in [9.17, 15) is 0 Å². The third-order valence-corrected chi connectivity index (χ3v) is 5.32. The van der Waals surface area contributed by atoms with Crippen LogP contribution in [0.2, 0.25) is 0 Å². The van der Waals surface area contributed by atoms with Gasteiger partial charge in [0.05, 0.1) is 0 Å². The lowest BCUT2D eigenvalue weighted by molar-refractivity contribution is 0.541. The molecule has 0 amide bonds. The molecule has 5 heteroatoms. The van der Waals surface area contributed by atoms with Crippen LogP contribution < -0.4 is 0 Å². The molecule has 0 radical (unpaired) electrons. The number of halogens is 1. The summed E-state index contributed by atoms with van der Waals surface area (Å²) in [5, 5.41) is 4.19. The van der Waals surface area contributed by atoms with E-state index in [-0.39, 0.29) is 0 Å². The summed E-state index contributed by atoms with van der Waals surface area (Å²) in [6, 6.07) is 0. The maximum atomic E-state index is 4.31. The van der Waals surface area contributed by atoms with Crippen molar-refractivity contribution in [3.05, 3.63) is 12.2 Å². The lowest BCUT2D eigenvalue weighted by Crippen LogP contribution is -2.17. The second-order valence-corrected chi connectivity index (χ2v) is 5.76. The third-order valence-electron chi connectivity index (χ3n) is 2.56. The summed E-state index contributed by atoms with van der Waals surface area (Å²) in [6.07, 6.45) is 2.71. The molecule has 0 spiro atoms. The van der Waals surface area contributed by atoms with Crippen LogP contribution >= 0.6 is 27.7 Å². The zero-order valence-electron chi connectivity index (χ0n) is 8.19. The normalized spacial score (nSPS) is 27.0. The van der Waals surface area contributed by atoms with E-state index >= 15 is 0 Å². The Morgan fingerprint density at radius 3 is 3.14 bits per heavy atom. The van der Waals surface area contributed by atoms with Crippen molar-refractivity contribution in [2.75, 3.05) is 11.5 Å². The Kier molecular flexibility index (Phi) is 3.49. The van der Waals surface area contributed by atoms with Crippen LogP contribution in [0.15, 0.2) is 6.33 Å². The summed E-state index contributed by atoms with van der Waals surface area (Å²) >= 11 is 5.74. The first-order chi connectivity index (χ1) is 6.81. The fourth-order valence-electron chi connectivity index (χ4n) is 1.70. The van der Waals surface area contributed by atoms with Crippen molar-refractivity contribution in [1.82, 2.24) is 14.8 Å². The second-order valence-electron chi connectivity index (χ2n) is 3.51. The fraction of sp³-hybridized carbons (Fsp3) is 0.778. The summed E-state index contributed by atoms with van der Waals surface area (Å²) in [4.78, 5) is 4.95. The molecule has 3 nitrogen and oxygen atoms in total. The van der Waals surface area contributed by atoms with Gasteiger partial charge in [-0.15, -0.1) is 0 Å². The molecule has 1 saturated heterocycles. The van der Waals surface area contributed by atoms with E-state index in [1.807, 2.05) is 16.4 Å². The molecule has 1 aliphatic rings. The highest BCUT2D eigenvalue weighted by Crippen LogP contribution is 2.31. The van der Waals surface area contributed by atoms with Crippen LogP contribution in [0, 0.1) is 5.92 Å². The highest BCUT2D eigenvalue weighted by atomic mass is 79.9. The number of alkyl halides is 1. The first kappa shape index (κ1) is 10.5. The summed E-state index contributed by atoms with van der Waals surface area (Å²) in [6.45, 7) is 3.02. The molecule has 1 aliphatic heterocycles. The number of nitrogens with zero attached hydrogens (tertiary/aromatic N) is 3. The van der Waals surface area contributed by atoms with Crippen molar-refractivity contribution in [3.8, 4) is 0 Å². The second kappa shape index (κ2) is 4.66. The molecule has 2 heterocycles. The van der Waals surface area contributed by atoms with Gasteiger partial charge < -0.3 is 0 Å². The molecule has 0 bridgehead atoms. The van der Waals surface area contributed by atoms with Crippen molar-refractivity contribution in [1.29, 1.82) is 0 Å². The zero-order chi connectivity index (χ0) is 9.97. The summed E-state index contributed by atoms with van der Waals surface area (Å²) in [5.74, 6) is 4.32. The zero-order valence-corrected chi connectivity index (χ0v) is 10.6. The van der Waals surface area contributed by atoms with Crippen molar-refractivity contribution in [3.63, 3.8) is 0 Å². The van der Waals surface area contributed by atoms with Gasteiger partial charge in [0.15, 0.2) is 0 Å². The van der Waals surface area contributed by atoms with E-state index < -0.39 is 0 Å². The predicted octanol–water partition coefficient (Wildman–Crippen LogP) is 1.97. The lowest BCUT2D eigenvalue weighted by Gasteiger charge is -2.12. The quantitative estimate of drug-likeness (QED) is 0.791. The number of rotatable bonds is 3. The van der Waals surface area contributed by atoms with E-state index in [0.29, 0.717) is 4.83 Å². The van der Waals surface area contributed by atoms with Crippen molar-refractivity contribution in [2.24, 2.45) is 5.92 Å². The Labute approximate surface area is 96.8 Å². The average Bonchev–Trinajstić information content (AvgIpc) is 2.77. The van der Waals surface area contributed by atoms with Crippen LogP contribution in [0.1, 0.15) is 12.7 Å². The van der Waals surface area contributed by atoms with E-state index in [1.54, 1.807) is 6.33 Å². The van der Waals surface area contributed by atoms with Crippen LogP contribution in [-0.2, 0) is 13.0 Å². The van der Waals surface area contributed by atoms with E-state index in [0.717, 1.165) is 24.7 Å². The number of hydrogen-bond acceptors (Lipinski definition) is 3. The lowest BCUT2D eigenvalue weighted by atomic mass is 10.1. The smallest absolute Gasteiger partial charge is 0.138 e. The first-order valence-electron chi connectivity index (χ1n) is 4.89. The highest BCUT2D eigenvalue weighted by molar-refractivity contribution is 9.09. The fourth-order valence-corrected chi connectivity index (χ4v) is 4.17. The average molecular weight is 276 g/mol. The van der Waals surface area contributed by atoms with E-state index in [1.165, 1.54) is 11.5 Å². The molecule has 2 atom stereocenters. The molecular formula is C9H14BrN3S. The van der Waals surface area contributed by atoms with Crippen molar-refractivity contribution in [2.45, 2.75) is 24.7 Å². The minimum Gasteiger partial charge on any atom is -0.250 e. The Balaban J connectivity index is 2.02. The van der Waals surface area contributed by atoms with E-state index in [4.69, 9.17) is 0 Å². The molecule has 78 valence electrons.